The highest BCUT2D eigenvalue weighted by Gasteiger charge is 2.16. The standard InChI is InChI=1S/C12H11BrO2/c1-2-3-10(12(14)15)8-9-4-6-11(13)7-5-9/h1,4-7,10H,3,8H2,(H,14,15). The van der Waals surface area contributed by atoms with Crippen LogP contribution < -0.4 is 0 Å². The molecule has 0 radical (unpaired) electrons. The lowest BCUT2D eigenvalue weighted by Crippen LogP contribution is -2.15. The molecule has 0 fully saturated rings. The molecule has 3 heteroatoms. The van der Waals surface area contributed by atoms with Crippen molar-refractivity contribution < 1.29 is 9.90 Å². The third kappa shape index (κ3) is 3.77. The minimum atomic E-state index is -0.837. The van der Waals surface area contributed by atoms with E-state index in [-0.39, 0.29) is 6.42 Å². The highest BCUT2D eigenvalue weighted by atomic mass is 79.9. The third-order valence-corrected chi connectivity index (χ3v) is 2.64. The summed E-state index contributed by atoms with van der Waals surface area (Å²) in [6.45, 7) is 0. The molecule has 0 bridgehead atoms. The van der Waals surface area contributed by atoms with Crippen molar-refractivity contribution in [3.05, 3.63) is 34.3 Å². The summed E-state index contributed by atoms with van der Waals surface area (Å²) >= 11 is 3.32. The first-order valence-electron chi connectivity index (χ1n) is 4.54. The first-order valence-corrected chi connectivity index (χ1v) is 5.33. The van der Waals surface area contributed by atoms with Crippen molar-refractivity contribution in [1.82, 2.24) is 0 Å². The van der Waals surface area contributed by atoms with E-state index >= 15 is 0 Å². The molecule has 1 N–H and O–H groups in total. The molecule has 0 aliphatic carbocycles. The number of carboxylic acid groups (broad SMARTS) is 1. The van der Waals surface area contributed by atoms with E-state index in [9.17, 15) is 4.79 Å². The van der Waals surface area contributed by atoms with Gasteiger partial charge in [-0.05, 0) is 24.1 Å². The predicted molar refractivity (Wildman–Crippen MR) is 62.4 cm³/mol. The number of hydrogen-bond donors (Lipinski definition) is 1. The van der Waals surface area contributed by atoms with E-state index in [0.717, 1.165) is 10.0 Å². The van der Waals surface area contributed by atoms with E-state index in [1.807, 2.05) is 24.3 Å². The second-order valence-corrected chi connectivity index (χ2v) is 4.19. The Labute approximate surface area is 97.4 Å². The molecule has 0 aliphatic rings. The number of halogens is 1. The SMILES string of the molecule is C#CCC(Cc1ccc(Br)cc1)C(=O)O. The maximum Gasteiger partial charge on any atom is 0.307 e. The Hall–Kier alpha value is -1.27. The molecule has 1 aromatic rings. The zero-order valence-corrected chi connectivity index (χ0v) is 9.70. The molecule has 0 aliphatic heterocycles. The van der Waals surface area contributed by atoms with Gasteiger partial charge in [0, 0.05) is 10.9 Å². The van der Waals surface area contributed by atoms with Crippen LogP contribution in [0.25, 0.3) is 0 Å². The van der Waals surface area contributed by atoms with Crippen LogP contribution in [0.4, 0.5) is 0 Å². The smallest absolute Gasteiger partial charge is 0.307 e. The second kappa shape index (κ2) is 5.57. The van der Waals surface area contributed by atoms with Crippen LogP contribution in [0.5, 0.6) is 0 Å². The van der Waals surface area contributed by atoms with Gasteiger partial charge < -0.3 is 5.11 Å². The molecule has 2 nitrogen and oxygen atoms in total. The molecule has 0 heterocycles. The van der Waals surface area contributed by atoms with Gasteiger partial charge in [-0.1, -0.05) is 28.1 Å². The van der Waals surface area contributed by atoms with E-state index in [1.54, 1.807) is 0 Å². The molecular weight excluding hydrogens is 256 g/mol. The van der Waals surface area contributed by atoms with Crippen molar-refractivity contribution in [3.63, 3.8) is 0 Å². The lowest BCUT2D eigenvalue weighted by molar-refractivity contribution is -0.141. The van der Waals surface area contributed by atoms with Crippen LogP contribution in [-0.2, 0) is 11.2 Å². The molecule has 0 saturated heterocycles. The largest absolute Gasteiger partial charge is 0.481 e. The summed E-state index contributed by atoms with van der Waals surface area (Å²) in [4.78, 5) is 10.9. The van der Waals surface area contributed by atoms with E-state index in [1.165, 1.54) is 0 Å². The number of hydrogen-bond acceptors (Lipinski definition) is 1. The van der Waals surface area contributed by atoms with Gasteiger partial charge in [0.05, 0.1) is 5.92 Å². The van der Waals surface area contributed by atoms with Crippen LogP contribution in [-0.4, -0.2) is 11.1 Å². The maximum atomic E-state index is 10.9. The van der Waals surface area contributed by atoms with Crippen molar-refractivity contribution in [2.24, 2.45) is 5.92 Å². The number of rotatable bonds is 4. The fourth-order valence-corrected chi connectivity index (χ4v) is 1.56. The van der Waals surface area contributed by atoms with Gasteiger partial charge in [0.15, 0.2) is 0 Å². The van der Waals surface area contributed by atoms with Gasteiger partial charge in [0.1, 0.15) is 0 Å². The minimum absolute atomic E-state index is 0.269. The lowest BCUT2D eigenvalue weighted by atomic mass is 9.97. The average Bonchev–Trinajstić information content (AvgIpc) is 2.20. The predicted octanol–water partition coefficient (Wildman–Crippen LogP) is 2.72. The lowest BCUT2D eigenvalue weighted by Gasteiger charge is -2.08. The Bertz CT molecular complexity index is 376. The Kier molecular flexibility index (Phi) is 4.38. The van der Waals surface area contributed by atoms with Gasteiger partial charge in [0.2, 0.25) is 0 Å². The number of benzene rings is 1. The van der Waals surface area contributed by atoms with Gasteiger partial charge in [0.25, 0.3) is 0 Å². The Morgan fingerprint density at radius 3 is 2.53 bits per heavy atom. The van der Waals surface area contributed by atoms with Gasteiger partial charge in [-0.25, -0.2) is 0 Å². The number of terminal acetylenes is 1. The first kappa shape index (κ1) is 11.8. The Morgan fingerprint density at radius 2 is 2.07 bits per heavy atom. The van der Waals surface area contributed by atoms with Crippen LogP contribution in [0, 0.1) is 18.3 Å². The summed E-state index contributed by atoms with van der Waals surface area (Å²) in [5.41, 5.74) is 0.987. The van der Waals surface area contributed by atoms with Crippen LogP contribution in [0.2, 0.25) is 0 Å². The number of carboxylic acids is 1. The summed E-state index contributed by atoms with van der Waals surface area (Å²) in [6, 6.07) is 7.58. The highest BCUT2D eigenvalue weighted by Crippen LogP contribution is 2.15. The normalized spacial score (nSPS) is 11.7. The molecule has 0 spiro atoms. The molecule has 15 heavy (non-hydrogen) atoms. The van der Waals surface area contributed by atoms with E-state index in [2.05, 4.69) is 21.9 Å². The summed E-state index contributed by atoms with van der Waals surface area (Å²) in [7, 11) is 0. The molecule has 1 unspecified atom stereocenters. The van der Waals surface area contributed by atoms with Crippen LogP contribution in [0.1, 0.15) is 12.0 Å². The number of carbonyl (C=O) groups is 1. The molecular formula is C12H11BrO2. The zero-order valence-electron chi connectivity index (χ0n) is 8.11. The molecule has 1 rings (SSSR count). The monoisotopic (exact) mass is 266 g/mol. The summed E-state index contributed by atoms with van der Waals surface area (Å²) in [6.07, 6.45) is 5.87. The Balaban J connectivity index is 2.70. The molecule has 0 aromatic heterocycles. The summed E-state index contributed by atoms with van der Waals surface area (Å²) in [5, 5.41) is 8.92. The van der Waals surface area contributed by atoms with Crippen molar-refractivity contribution >= 4 is 21.9 Å². The quantitative estimate of drug-likeness (QED) is 0.851. The number of aliphatic carboxylic acids is 1. The maximum absolute atomic E-state index is 10.9. The second-order valence-electron chi connectivity index (χ2n) is 3.27. The average molecular weight is 267 g/mol. The van der Waals surface area contributed by atoms with Crippen molar-refractivity contribution in [3.8, 4) is 12.3 Å². The van der Waals surface area contributed by atoms with Crippen LogP contribution >= 0.6 is 15.9 Å². The van der Waals surface area contributed by atoms with Crippen molar-refractivity contribution in [2.75, 3.05) is 0 Å². The highest BCUT2D eigenvalue weighted by molar-refractivity contribution is 9.10. The van der Waals surface area contributed by atoms with Gasteiger partial charge in [-0.2, -0.15) is 0 Å². The summed E-state index contributed by atoms with van der Waals surface area (Å²) in [5.74, 6) is 1.06. The van der Waals surface area contributed by atoms with E-state index in [0.29, 0.717) is 6.42 Å². The van der Waals surface area contributed by atoms with Gasteiger partial charge >= 0.3 is 5.97 Å². The molecule has 1 atom stereocenters. The van der Waals surface area contributed by atoms with Crippen molar-refractivity contribution in [2.45, 2.75) is 12.8 Å². The Morgan fingerprint density at radius 1 is 1.47 bits per heavy atom. The molecule has 78 valence electrons. The topological polar surface area (TPSA) is 37.3 Å². The summed E-state index contributed by atoms with van der Waals surface area (Å²) < 4.78 is 0.982. The molecule has 0 amide bonds. The van der Waals surface area contributed by atoms with Gasteiger partial charge in [-0.15, -0.1) is 12.3 Å². The van der Waals surface area contributed by atoms with Gasteiger partial charge in [-0.3, -0.25) is 4.79 Å². The molecule has 0 saturated carbocycles. The van der Waals surface area contributed by atoms with Crippen LogP contribution in [0.3, 0.4) is 0 Å². The van der Waals surface area contributed by atoms with E-state index < -0.39 is 11.9 Å². The first-order chi connectivity index (χ1) is 7.13. The minimum Gasteiger partial charge on any atom is -0.481 e. The fourth-order valence-electron chi connectivity index (χ4n) is 1.29. The zero-order chi connectivity index (χ0) is 11.3. The molecule has 1 aromatic carbocycles. The van der Waals surface area contributed by atoms with Crippen LogP contribution in [0.15, 0.2) is 28.7 Å². The van der Waals surface area contributed by atoms with Crippen molar-refractivity contribution in [1.29, 1.82) is 0 Å². The third-order valence-electron chi connectivity index (χ3n) is 2.11. The fraction of sp³-hybridized carbons (Fsp3) is 0.250. The van der Waals surface area contributed by atoms with E-state index in [4.69, 9.17) is 11.5 Å².